The van der Waals surface area contributed by atoms with Gasteiger partial charge in [-0.1, -0.05) is 66.7 Å². The number of amides is 6. The molecule has 2 heterocycles. The number of carbonyl (C=O) groups excluding carboxylic acids is 4. The molecule has 10 N–H and O–H groups in total. The molecule has 4 bridgehead atoms. The van der Waals surface area contributed by atoms with Gasteiger partial charge < -0.3 is 36.8 Å². The summed E-state index contributed by atoms with van der Waals surface area (Å²) in [7, 11) is 0. The van der Waals surface area contributed by atoms with Crippen molar-refractivity contribution in [2.45, 2.75) is 73.1 Å². The van der Waals surface area contributed by atoms with Crippen LogP contribution < -0.4 is 27.0 Å². The van der Waals surface area contributed by atoms with Gasteiger partial charge in [0.1, 0.15) is 0 Å². The number of para-hydroxylation sites is 1. The number of primary amides is 2. The van der Waals surface area contributed by atoms with Gasteiger partial charge in [-0.05, 0) is 60.1 Å². The van der Waals surface area contributed by atoms with Gasteiger partial charge in [0.15, 0.2) is 22.3 Å². The fourth-order valence-corrected chi connectivity index (χ4v) is 9.67. The number of hydrogen-bond acceptors (Lipinski definition) is 11. The maximum Gasteiger partial charge on any atom is 0.411 e. The predicted octanol–water partition coefficient (Wildman–Crippen LogP) is 0.261. The van der Waals surface area contributed by atoms with Crippen molar-refractivity contribution in [2.75, 3.05) is 18.0 Å². The Morgan fingerprint density at radius 2 is 1.00 bits per heavy atom. The summed E-state index contributed by atoms with van der Waals surface area (Å²) in [5.41, 5.74) is 3.35. The van der Waals surface area contributed by atoms with E-state index in [1.165, 1.54) is 24.3 Å². The van der Waals surface area contributed by atoms with Crippen molar-refractivity contribution in [2.24, 2.45) is 11.5 Å². The highest BCUT2D eigenvalue weighted by Gasteiger charge is 2.70. The zero-order valence-corrected chi connectivity index (χ0v) is 29.6. The van der Waals surface area contributed by atoms with Crippen LogP contribution in [0, 0.1) is 0 Å². The molecule has 55 heavy (non-hydrogen) atoms. The number of hydrogen-bond donors (Lipinski definition) is 8. The third kappa shape index (κ3) is 5.37. The second-order valence-electron chi connectivity index (χ2n) is 14.5. The second-order valence-corrected chi connectivity index (χ2v) is 14.5. The quantitative estimate of drug-likeness (QED) is 0.146. The first-order valence-electron chi connectivity index (χ1n) is 17.8. The number of imide groups is 2. The molecular weight excluding hydrogens is 714 g/mol. The molecule has 4 unspecified atom stereocenters. The van der Waals surface area contributed by atoms with Gasteiger partial charge in [0, 0.05) is 31.6 Å². The van der Waals surface area contributed by atoms with Gasteiger partial charge in [0.25, 0.3) is 23.6 Å². The maximum absolute atomic E-state index is 14.6. The van der Waals surface area contributed by atoms with E-state index in [4.69, 9.17) is 11.5 Å². The van der Waals surface area contributed by atoms with Crippen molar-refractivity contribution in [1.82, 2.24) is 20.4 Å². The Kier molecular flexibility index (Phi) is 9.16. The number of fused-ring (bicyclic) bond motifs is 8. The summed E-state index contributed by atoms with van der Waals surface area (Å²) in [5.74, 6) is -4.98. The van der Waals surface area contributed by atoms with E-state index < -0.39 is 83.3 Å². The van der Waals surface area contributed by atoms with Crippen LogP contribution in [0.4, 0.5) is 15.3 Å². The molecule has 6 aliphatic rings. The van der Waals surface area contributed by atoms with Crippen LogP contribution in [0.25, 0.3) is 0 Å². The number of carbonyl (C=O) groups is 6. The summed E-state index contributed by atoms with van der Waals surface area (Å²) >= 11 is 0. The zero-order valence-electron chi connectivity index (χ0n) is 29.6. The van der Waals surface area contributed by atoms with Crippen molar-refractivity contribution in [3.05, 3.63) is 101 Å². The summed E-state index contributed by atoms with van der Waals surface area (Å²) in [6.07, 6.45) is -5.02. The third-order valence-electron chi connectivity index (χ3n) is 11.8. The van der Waals surface area contributed by atoms with Gasteiger partial charge in [-0.2, -0.15) is 0 Å². The molecule has 0 aromatic heterocycles. The average Bonchev–Trinajstić information content (AvgIpc) is 3.70. The van der Waals surface area contributed by atoms with E-state index in [-0.39, 0.29) is 37.1 Å². The van der Waals surface area contributed by atoms with Gasteiger partial charge in [0.2, 0.25) is 0 Å². The minimum absolute atomic E-state index is 0.0426. The molecule has 2 saturated heterocycles. The lowest BCUT2D eigenvalue weighted by atomic mass is 9.71. The Bertz CT molecular complexity index is 1940. The van der Waals surface area contributed by atoms with Crippen LogP contribution in [0.2, 0.25) is 0 Å². The normalized spacial score (nSPS) is 29.9. The van der Waals surface area contributed by atoms with Crippen molar-refractivity contribution < 1.29 is 49.2 Å². The van der Waals surface area contributed by atoms with E-state index in [2.05, 4.69) is 0 Å². The Morgan fingerprint density at radius 1 is 0.618 bits per heavy atom. The van der Waals surface area contributed by atoms with Crippen molar-refractivity contribution >= 4 is 41.5 Å². The lowest BCUT2D eigenvalue weighted by Gasteiger charge is -2.56. The molecule has 9 rings (SSSR count). The number of nitrogens with one attached hydrogen (secondary N) is 2. The maximum atomic E-state index is 14.6. The van der Waals surface area contributed by atoms with Crippen molar-refractivity contribution in [3.8, 4) is 0 Å². The minimum atomic E-state index is -2.69. The standard InChI is InChI=1S/C38H41N7O10/c39-29(46)35(54)20-22-10-14-24(15-11-22)37(35,31(48)41-33(50)51)43-18-4-8-27(43)45(26-6-2-1-3-7-26)28-9-5-19-44(28)38(32(49)42-34(52)53)25-16-12-23(13-17-25)21-36(38,55)30(40)47/h1-3,6-7,10-17,27-28,54-55H,4-5,8-9,18-21H2,(H2,39,46)(H2,40,47)(H,41,48)(H,42,49)(H,50,51)(H,52,53)/t27?,28?,35?,36?,37-,38-/m1/s1. The van der Waals surface area contributed by atoms with Gasteiger partial charge >= 0.3 is 12.2 Å². The highest BCUT2D eigenvalue weighted by molar-refractivity contribution is 6.05. The van der Waals surface area contributed by atoms with Crippen molar-refractivity contribution in [1.29, 1.82) is 0 Å². The van der Waals surface area contributed by atoms with Gasteiger partial charge in [-0.15, -0.1) is 0 Å². The summed E-state index contributed by atoms with van der Waals surface area (Å²) in [6, 6.07) is 21.4. The van der Waals surface area contributed by atoms with Gasteiger partial charge in [-0.3, -0.25) is 39.6 Å². The molecule has 288 valence electrons. The Labute approximate surface area is 314 Å². The van der Waals surface area contributed by atoms with E-state index in [1.54, 1.807) is 64.4 Å². The van der Waals surface area contributed by atoms with Crippen LogP contribution in [0.3, 0.4) is 0 Å². The van der Waals surface area contributed by atoms with Gasteiger partial charge in [0.05, 0.1) is 12.3 Å². The number of likely N-dealkylation sites (tertiary alicyclic amines) is 2. The van der Waals surface area contributed by atoms with E-state index in [9.17, 15) is 49.2 Å². The lowest BCUT2D eigenvalue weighted by Crippen LogP contribution is -2.77. The molecule has 17 heteroatoms. The number of anilines is 1. The summed E-state index contributed by atoms with van der Waals surface area (Å²) < 4.78 is 0. The van der Waals surface area contributed by atoms with E-state index in [1.807, 2.05) is 15.5 Å². The Morgan fingerprint density at radius 3 is 1.35 bits per heavy atom. The first-order chi connectivity index (χ1) is 26.1. The molecule has 6 atom stereocenters. The van der Waals surface area contributed by atoms with Crippen LogP contribution in [-0.4, -0.2) is 103 Å². The SMILES string of the molecule is NC(=O)C1(O)Cc2ccc(cc2)[C@]1(C(=O)NC(=O)O)N1CCCC1N(c1ccccc1)C1CCCN1[C@@]1(C(=O)NC(=O)O)c2ccc(cc2)CC1(O)C(N)=O. The van der Waals surface area contributed by atoms with Gasteiger partial charge in [-0.25, -0.2) is 9.59 Å². The van der Waals surface area contributed by atoms with E-state index in [0.29, 0.717) is 29.7 Å². The highest BCUT2D eigenvalue weighted by Crippen LogP contribution is 2.52. The van der Waals surface area contributed by atoms with E-state index in [0.717, 1.165) is 0 Å². The van der Waals surface area contributed by atoms with E-state index >= 15 is 0 Å². The zero-order chi connectivity index (χ0) is 39.5. The Balaban J connectivity index is 1.48. The number of benzene rings is 3. The average molecular weight is 756 g/mol. The highest BCUT2D eigenvalue weighted by atomic mass is 16.4. The smallest absolute Gasteiger partial charge is 0.411 e. The van der Waals surface area contributed by atoms with Crippen LogP contribution in [-0.2, 0) is 43.1 Å². The number of nitrogens with two attached hydrogens (primary N) is 2. The molecule has 0 saturated carbocycles. The molecule has 0 radical (unpaired) electrons. The molecule has 6 amide bonds. The monoisotopic (exact) mass is 755 g/mol. The van der Waals surface area contributed by atoms with Crippen LogP contribution >= 0.6 is 0 Å². The predicted molar refractivity (Wildman–Crippen MR) is 193 cm³/mol. The second kappa shape index (κ2) is 13.5. The first-order valence-corrected chi connectivity index (χ1v) is 17.8. The molecule has 17 nitrogen and oxygen atoms in total. The molecule has 2 aliphatic heterocycles. The molecule has 0 spiro atoms. The largest absolute Gasteiger partial charge is 0.465 e. The fourth-order valence-electron chi connectivity index (χ4n) is 9.67. The van der Waals surface area contributed by atoms with Crippen LogP contribution in [0.15, 0.2) is 78.9 Å². The topological polar surface area (TPSA) is 269 Å². The third-order valence-corrected chi connectivity index (χ3v) is 11.8. The Hall–Kier alpha value is -5.88. The molecular formula is C38H41N7O10. The molecule has 3 aromatic rings. The van der Waals surface area contributed by atoms with Crippen LogP contribution in [0.1, 0.15) is 47.9 Å². The van der Waals surface area contributed by atoms with Crippen LogP contribution in [0.5, 0.6) is 0 Å². The molecule has 2 fully saturated rings. The lowest BCUT2D eigenvalue weighted by molar-refractivity contribution is -0.177. The summed E-state index contributed by atoms with van der Waals surface area (Å²) in [4.78, 5) is 85.6. The number of aliphatic hydroxyl groups is 2. The number of nitrogens with zero attached hydrogens (tertiary/aromatic N) is 3. The molecule has 3 aromatic carbocycles. The minimum Gasteiger partial charge on any atom is -0.465 e. The first kappa shape index (κ1) is 37.4. The fraction of sp³-hybridized carbons (Fsp3) is 0.368. The summed E-state index contributed by atoms with van der Waals surface area (Å²) in [5, 5.41) is 48.6. The molecule has 4 aliphatic carbocycles. The number of carboxylic acid groups (broad SMARTS) is 2. The van der Waals surface area contributed by atoms with Crippen molar-refractivity contribution in [3.63, 3.8) is 0 Å². The summed E-state index contributed by atoms with van der Waals surface area (Å²) in [6.45, 7) is 0.0851. The number of rotatable bonds is 9.